The van der Waals surface area contributed by atoms with Gasteiger partial charge in [-0.1, -0.05) is 32.4 Å². The zero-order valence-corrected chi connectivity index (χ0v) is 35.9. The number of ketones is 1. The molecule has 1 aromatic carbocycles. The van der Waals surface area contributed by atoms with Crippen LogP contribution in [0.3, 0.4) is 0 Å². The third-order valence-electron chi connectivity index (χ3n) is 13.1. The fourth-order valence-electron chi connectivity index (χ4n) is 9.20. The summed E-state index contributed by atoms with van der Waals surface area (Å²) in [7, 11) is -1.94. The maximum absolute atomic E-state index is 15.1. The highest BCUT2D eigenvalue weighted by molar-refractivity contribution is 7.91. The molecule has 0 radical (unpaired) electrons. The summed E-state index contributed by atoms with van der Waals surface area (Å²) in [5.74, 6) is -1.78. The molecule has 58 heavy (non-hydrogen) atoms. The van der Waals surface area contributed by atoms with E-state index in [1.54, 1.807) is 38.8 Å². The molecule has 1 N–H and O–H groups in total. The standard InChI is InChI=1S/C44H60N4O9S/c1-8-28-21-27(2)11-9-10-12-29-24-44(29,41(52)46-58(53,54)43(6)16-17-43)25-36(49)35-22-30(26-48(35)40(51)33(28)23-37(50)57-42(3,4)5)56-39-32-13-14-34-38(31(32)15-18-45-39)55-20-19-47(34)7/h10,12-15,18,27-30,33,35H,8-9,11,16-17,19-26H2,1-7H3,(H,46,52)/b12-10-/t27-,28+,29+,30+,33-,35-,44+/m0/s1. The largest absolute Gasteiger partial charge is 0.489 e. The van der Waals surface area contributed by atoms with E-state index in [2.05, 4.69) is 21.5 Å². The normalized spacial score (nSPS) is 30.5. The van der Waals surface area contributed by atoms with Crippen LogP contribution in [-0.2, 0) is 33.9 Å². The molecular weight excluding hydrogens is 761 g/mol. The molecule has 4 heterocycles. The second-order valence-electron chi connectivity index (χ2n) is 18.8. The van der Waals surface area contributed by atoms with Crippen LogP contribution in [0, 0.1) is 29.1 Å². The lowest BCUT2D eigenvalue weighted by Gasteiger charge is -2.33. The number of aromatic nitrogens is 1. The van der Waals surface area contributed by atoms with Gasteiger partial charge in [-0.05, 0) is 102 Å². The number of allylic oxidation sites excluding steroid dienone is 2. The summed E-state index contributed by atoms with van der Waals surface area (Å²) in [5.41, 5.74) is -1.06. The minimum absolute atomic E-state index is 0.0591. The number of carbonyl (C=O) groups excluding carboxylic acids is 4. The van der Waals surface area contributed by atoms with E-state index in [0.717, 1.165) is 41.6 Å². The number of hydrogen-bond acceptors (Lipinski definition) is 11. The van der Waals surface area contributed by atoms with Crippen molar-refractivity contribution in [3.63, 3.8) is 0 Å². The predicted molar refractivity (Wildman–Crippen MR) is 220 cm³/mol. The molecule has 1 aromatic heterocycles. The molecule has 2 saturated carbocycles. The minimum Gasteiger partial charge on any atom is -0.489 e. The highest BCUT2D eigenvalue weighted by atomic mass is 32.2. The molecule has 3 aliphatic heterocycles. The summed E-state index contributed by atoms with van der Waals surface area (Å²) in [6.45, 7) is 12.5. The van der Waals surface area contributed by atoms with E-state index < -0.39 is 55.7 Å². The van der Waals surface area contributed by atoms with Crippen molar-refractivity contribution in [3.05, 3.63) is 36.5 Å². The van der Waals surface area contributed by atoms with Crippen LogP contribution in [0.5, 0.6) is 11.6 Å². The van der Waals surface area contributed by atoms with E-state index >= 15 is 4.79 Å². The summed E-state index contributed by atoms with van der Waals surface area (Å²) in [5, 5.41) is 1.57. The molecule has 7 atom stereocenters. The highest BCUT2D eigenvalue weighted by Crippen LogP contribution is 2.58. The third kappa shape index (κ3) is 8.45. The molecule has 3 fully saturated rings. The number of pyridine rings is 1. The van der Waals surface area contributed by atoms with Crippen molar-refractivity contribution in [2.45, 2.75) is 128 Å². The van der Waals surface area contributed by atoms with Crippen molar-refractivity contribution in [1.82, 2.24) is 14.6 Å². The first-order chi connectivity index (χ1) is 27.3. The second kappa shape index (κ2) is 15.8. The number of ether oxygens (including phenoxy) is 3. The fourth-order valence-corrected chi connectivity index (χ4v) is 10.5. The van der Waals surface area contributed by atoms with Crippen LogP contribution < -0.4 is 19.1 Å². The Hall–Kier alpha value is -4.20. The number of nitrogens with zero attached hydrogens (tertiary/aromatic N) is 3. The number of fused-ring (bicyclic) bond motifs is 5. The molecule has 0 bridgehead atoms. The molecule has 2 aromatic rings. The average molecular weight is 821 g/mol. The first-order valence-electron chi connectivity index (χ1n) is 21.1. The Morgan fingerprint density at radius 2 is 1.86 bits per heavy atom. The number of likely N-dealkylation sites (N-methyl/N-ethyl adjacent to an activating group) is 1. The quantitative estimate of drug-likeness (QED) is 0.241. The minimum atomic E-state index is -3.96. The third-order valence-corrected chi connectivity index (χ3v) is 15.3. The maximum Gasteiger partial charge on any atom is 0.307 e. The van der Waals surface area contributed by atoms with E-state index in [9.17, 15) is 22.8 Å². The number of sulfonamides is 1. The van der Waals surface area contributed by atoms with Crippen LogP contribution in [0.15, 0.2) is 36.5 Å². The van der Waals surface area contributed by atoms with Gasteiger partial charge in [0.05, 0.1) is 47.3 Å². The first-order valence-corrected chi connectivity index (χ1v) is 22.5. The molecule has 7 rings (SSSR count). The van der Waals surface area contributed by atoms with Gasteiger partial charge in [0, 0.05) is 36.9 Å². The van der Waals surface area contributed by atoms with Gasteiger partial charge in [0.2, 0.25) is 27.7 Å². The summed E-state index contributed by atoms with van der Waals surface area (Å²) in [6, 6.07) is 4.81. The molecule has 14 heteroatoms. The first kappa shape index (κ1) is 41.9. The number of nitrogens with one attached hydrogen (secondary N) is 1. The summed E-state index contributed by atoms with van der Waals surface area (Å²) < 4.78 is 46.4. The van der Waals surface area contributed by atoms with E-state index in [4.69, 9.17) is 14.2 Å². The Morgan fingerprint density at radius 3 is 2.57 bits per heavy atom. The van der Waals surface area contributed by atoms with Gasteiger partial charge < -0.3 is 24.0 Å². The molecule has 13 nitrogen and oxygen atoms in total. The van der Waals surface area contributed by atoms with Gasteiger partial charge >= 0.3 is 5.97 Å². The van der Waals surface area contributed by atoms with E-state index in [-0.39, 0.29) is 55.3 Å². The lowest BCUT2D eigenvalue weighted by atomic mass is 9.79. The van der Waals surface area contributed by atoms with Crippen LogP contribution >= 0.6 is 0 Å². The van der Waals surface area contributed by atoms with Gasteiger partial charge in [-0.25, -0.2) is 13.4 Å². The molecule has 1 saturated heterocycles. The number of anilines is 1. The number of rotatable bonds is 8. The van der Waals surface area contributed by atoms with Crippen molar-refractivity contribution in [2.24, 2.45) is 29.1 Å². The number of esters is 1. The van der Waals surface area contributed by atoms with Crippen molar-refractivity contribution < 1.29 is 41.8 Å². The number of carbonyl (C=O) groups is 4. The molecular formula is C44H60N4O9S. The van der Waals surface area contributed by atoms with E-state index in [1.165, 1.54) is 0 Å². The van der Waals surface area contributed by atoms with Crippen molar-refractivity contribution in [3.8, 4) is 11.6 Å². The monoisotopic (exact) mass is 820 g/mol. The number of hydrogen-bond donors (Lipinski definition) is 1. The van der Waals surface area contributed by atoms with Gasteiger partial charge in [0.25, 0.3) is 0 Å². The van der Waals surface area contributed by atoms with Crippen LogP contribution in [0.2, 0.25) is 0 Å². The smallest absolute Gasteiger partial charge is 0.307 e. The summed E-state index contributed by atoms with van der Waals surface area (Å²) in [6.07, 6.45) is 8.89. The van der Waals surface area contributed by atoms with Crippen molar-refractivity contribution in [1.29, 1.82) is 0 Å². The zero-order chi connectivity index (χ0) is 41.8. The summed E-state index contributed by atoms with van der Waals surface area (Å²) in [4.78, 5) is 65.7. The van der Waals surface area contributed by atoms with E-state index in [0.29, 0.717) is 44.6 Å². The van der Waals surface area contributed by atoms with Crippen LogP contribution in [0.4, 0.5) is 5.69 Å². The Morgan fingerprint density at radius 1 is 1.10 bits per heavy atom. The Kier molecular flexibility index (Phi) is 11.4. The molecule has 0 spiro atoms. The number of benzene rings is 1. The average Bonchev–Trinajstić information content (AvgIpc) is 4.04. The van der Waals surface area contributed by atoms with Crippen molar-refractivity contribution >= 4 is 50.1 Å². The molecule has 0 unspecified atom stereocenters. The van der Waals surface area contributed by atoms with Crippen molar-refractivity contribution in [2.75, 3.05) is 31.6 Å². The van der Waals surface area contributed by atoms with Crippen LogP contribution in [-0.4, -0.2) is 91.1 Å². The predicted octanol–water partition coefficient (Wildman–Crippen LogP) is 6.13. The zero-order valence-electron chi connectivity index (χ0n) is 35.0. The van der Waals surface area contributed by atoms with E-state index in [1.807, 2.05) is 44.3 Å². The van der Waals surface area contributed by atoms with Gasteiger partial charge in [-0.15, -0.1) is 0 Å². The lowest BCUT2D eigenvalue weighted by molar-refractivity contribution is -0.160. The molecule has 5 aliphatic rings. The second-order valence-corrected chi connectivity index (χ2v) is 21.0. The Labute approximate surface area is 342 Å². The Bertz CT molecular complexity index is 2090. The summed E-state index contributed by atoms with van der Waals surface area (Å²) >= 11 is 0. The maximum atomic E-state index is 15.1. The van der Waals surface area contributed by atoms with Crippen LogP contribution in [0.25, 0.3) is 10.8 Å². The fraction of sp³-hybridized carbons (Fsp3) is 0.659. The van der Waals surface area contributed by atoms with Gasteiger partial charge in [-0.2, -0.15) is 0 Å². The Balaban J connectivity index is 1.24. The number of amides is 2. The molecule has 2 aliphatic carbocycles. The molecule has 2 amide bonds. The lowest BCUT2D eigenvalue weighted by Crippen LogP contribution is -2.48. The molecule has 316 valence electrons. The van der Waals surface area contributed by atoms with Crippen LogP contribution in [0.1, 0.15) is 106 Å². The highest BCUT2D eigenvalue weighted by Gasteiger charge is 2.62. The van der Waals surface area contributed by atoms with Gasteiger partial charge in [-0.3, -0.25) is 23.9 Å². The SMILES string of the molecule is CC[C@@H]1C[C@@H](C)CC/C=C\[C@@H]2C[C@@]2(C(=O)NS(=O)(=O)C2(C)CC2)CC(=O)[C@@H]2C[C@@H](Oc3nccc4c5c(ccc34)N(C)CCO5)CN2C(=O)[C@H]1CC(=O)OC(C)(C)C. The topological polar surface area (TPSA) is 162 Å². The van der Waals surface area contributed by atoms with Gasteiger partial charge in [0.1, 0.15) is 18.3 Å². The number of Topliss-reactive ketones (excluding diaryl/α,β-unsaturated/α-hetero) is 1. The van der Waals surface area contributed by atoms with Gasteiger partial charge in [0.15, 0.2) is 11.5 Å².